The first-order valence-electron chi connectivity index (χ1n) is 12.4. The Morgan fingerprint density at radius 3 is 2.47 bits per heavy atom. The van der Waals surface area contributed by atoms with Gasteiger partial charge in [-0.1, -0.05) is 31.4 Å². The van der Waals surface area contributed by atoms with Crippen molar-refractivity contribution in [2.24, 2.45) is 5.92 Å². The van der Waals surface area contributed by atoms with E-state index < -0.39 is 6.04 Å². The molecule has 0 bridgehead atoms. The number of Topliss-reactive ketones (excluding diaryl/α,β-unsaturated/α-hetero) is 1. The molecule has 1 N–H and O–H groups in total. The van der Waals surface area contributed by atoms with Crippen molar-refractivity contribution >= 4 is 17.6 Å². The number of nitrogens with one attached hydrogen (secondary N) is 1. The number of carbonyl (C=O) groups excluding carboxylic acids is 3. The first-order valence-corrected chi connectivity index (χ1v) is 12.4. The van der Waals surface area contributed by atoms with Crippen molar-refractivity contribution < 1.29 is 14.4 Å². The Kier molecular flexibility index (Phi) is 7.61. The summed E-state index contributed by atoms with van der Waals surface area (Å²) in [6.45, 7) is 5.72. The van der Waals surface area contributed by atoms with Gasteiger partial charge in [0.1, 0.15) is 0 Å². The first-order chi connectivity index (χ1) is 15.5. The number of hydrogen-bond donors (Lipinski definition) is 1. The van der Waals surface area contributed by atoms with Gasteiger partial charge in [-0.3, -0.25) is 19.3 Å². The van der Waals surface area contributed by atoms with Crippen LogP contribution < -0.4 is 5.32 Å². The highest BCUT2D eigenvalue weighted by Gasteiger charge is 2.30. The quantitative estimate of drug-likeness (QED) is 0.707. The van der Waals surface area contributed by atoms with Gasteiger partial charge in [0, 0.05) is 24.6 Å². The predicted octanol–water partition coefficient (Wildman–Crippen LogP) is 3.37. The zero-order chi connectivity index (χ0) is 22.5. The molecular weight excluding hydrogens is 402 g/mol. The molecule has 1 aromatic carbocycles. The molecular formula is C26H37N3O3. The molecule has 32 heavy (non-hydrogen) atoms. The van der Waals surface area contributed by atoms with Gasteiger partial charge in [-0.15, -0.1) is 0 Å². The minimum atomic E-state index is -0.393. The van der Waals surface area contributed by atoms with Gasteiger partial charge in [0.15, 0.2) is 5.78 Å². The molecule has 2 amide bonds. The first kappa shape index (κ1) is 23.0. The van der Waals surface area contributed by atoms with Crippen molar-refractivity contribution in [2.75, 3.05) is 32.7 Å². The molecule has 1 unspecified atom stereocenters. The maximum absolute atomic E-state index is 13.0. The number of likely N-dealkylation sites (tertiary alicyclic amines) is 2. The average molecular weight is 440 g/mol. The highest BCUT2D eigenvalue weighted by Crippen LogP contribution is 2.29. The molecule has 1 aromatic rings. The van der Waals surface area contributed by atoms with Gasteiger partial charge in [-0.05, 0) is 75.7 Å². The van der Waals surface area contributed by atoms with Crippen molar-refractivity contribution in [1.82, 2.24) is 15.1 Å². The minimum Gasteiger partial charge on any atom is -0.342 e. The number of amides is 2. The summed E-state index contributed by atoms with van der Waals surface area (Å²) in [6, 6.07) is 7.38. The second-order valence-electron chi connectivity index (χ2n) is 9.89. The van der Waals surface area contributed by atoms with E-state index in [9.17, 15) is 14.4 Å². The lowest BCUT2D eigenvalue weighted by Gasteiger charge is -2.36. The molecule has 2 atom stereocenters. The van der Waals surface area contributed by atoms with Crippen LogP contribution in [0.5, 0.6) is 0 Å². The molecule has 6 heteroatoms. The number of rotatable bonds is 7. The molecule has 2 aliphatic heterocycles. The van der Waals surface area contributed by atoms with Crippen molar-refractivity contribution in [1.29, 1.82) is 0 Å². The Bertz CT molecular complexity index is 829. The van der Waals surface area contributed by atoms with E-state index in [-0.39, 0.29) is 29.4 Å². The van der Waals surface area contributed by atoms with E-state index >= 15 is 0 Å². The van der Waals surface area contributed by atoms with E-state index in [0.29, 0.717) is 12.1 Å². The number of piperidine rings is 1. The van der Waals surface area contributed by atoms with Crippen LogP contribution in [-0.2, 0) is 9.59 Å². The molecule has 4 rings (SSSR count). The lowest BCUT2D eigenvalue weighted by molar-refractivity contribution is -0.134. The number of ketones is 1. The van der Waals surface area contributed by atoms with Gasteiger partial charge < -0.3 is 10.2 Å². The van der Waals surface area contributed by atoms with Gasteiger partial charge >= 0.3 is 0 Å². The molecule has 0 radical (unpaired) electrons. The molecule has 0 spiro atoms. The molecule has 174 valence electrons. The third-order valence-electron chi connectivity index (χ3n) is 7.55. The zero-order valence-corrected chi connectivity index (χ0v) is 19.4. The van der Waals surface area contributed by atoms with Crippen LogP contribution >= 0.6 is 0 Å². The Labute approximate surface area is 191 Å². The molecule has 1 aliphatic carbocycles. The standard InChI is InChI=1S/C26H37N3O3/c1-19(30)25(20-8-3-2-4-9-20)27-26(32)22-11-5-10-21(16-22)23-12-6-15-29(17-23)24(31)18-28-13-7-14-28/h5,10-11,16,20,23,25H,2-4,6-9,12-15,17-18H2,1H3,(H,27,32)/t23?,25-/m0/s1. The van der Waals surface area contributed by atoms with E-state index in [1.807, 2.05) is 23.1 Å². The Hall–Kier alpha value is -2.21. The lowest BCUT2D eigenvalue weighted by Crippen LogP contribution is -2.48. The van der Waals surface area contributed by atoms with Crippen LogP contribution in [0, 0.1) is 5.92 Å². The Morgan fingerprint density at radius 2 is 1.78 bits per heavy atom. The molecule has 2 heterocycles. The van der Waals surface area contributed by atoms with Crippen molar-refractivity contribution in [2.45, 2.75) is 70.3 Å². The van der Waals surface area contributed by atoms with Crippen molar-refractivity contribution in [3.8, 4) is 0 Å². The summed E-state index contributed by atoms with van der Waals surface area (Å²) in [5.41, 5.74) is 1.71. The molecule has 3 fully saturated rings. The second kappa shape index (κ2) is 10.6. The van der Waals surface area contributed by atoms with E-state index in [4.69, 9.17) is 0 Å². The van der Waals surface area contributed by atoms with Crippen LogP contribution in [0.4, 0.5) is 0 Å². The zero-order valence-electron chi connectivity index (χ0n) is 19.4. The molecule has 1 saturated carbocycles. The van der Waals surface area contributed by atoms with Gasteiger partial charge in [-0.2, -0.15) is 0 Å². The molecule has 0 aromatic heterocycles. The van der Waals surface area contributed by atoms with Crippen molar-refractivity contribution in [3.63, 3.8) is 0 Å². The summed E-state index contributed by atoms with van der Waals surface area (Å²) >= 11 is 0. The largest absolute Gasteiger partial charge is 0.342 e. The molecule has 3 aliphatic rings. The maximum atomic E-state index is 13.0. The van der Waals surface area contributed by atoms with E-state index in [0.717, 1.165) is 70.3 Å². The lowest BCUT2D eigenvalue weighted by atomic mass is 9.82. The average Bonchev–Trinajstić information content (AvgIpc) is 2.80. The SMILES string of the molecule is CC(=O)[C@H](NC(=O)c1cccc(C2CCCN(C(=O)CN3CCC3)C2)c1)C1CCCCC1. The summed E-state index contributed by atoms with van der Waals surface area (Å²) in [5, 5.41) is 3.04. The van der Waals surface area contributed by atoms with Crippen LogP contribution in [-0.4, -0.2) is 66.2 Å². The summed E-state index contributed by atoms with van der Waals surface area (Å²) < 4.78 is 0. The smallest absolute Gasteiger partial charge is 0.251 e. The summed E-state index contributed by atoms with van der Waals surface area (Å²) in [7, 11) is 0. The van der Waals surface area contributed by atoms with Gasteiger partial charge in [0.25, 0.3) is 5.91 Å². The number of hydrogen-bond acceptors (Lipinski definition) is 4. The topological polar surface area (TPSA) is 69.7 Å². The van der Waals surface area contributed by atoms with Crippen LogP contribution in [0.15, 0.2) is 24.3 Å². The number of carbonyl (C=O) groups is 3. The van der Waals surface area contributed by atoms with Gasteiger partial charge in [0.05, 0.1) is 12.6 Å². The Balaban J connectivity index is 1.40. The maximum Gasteiger partial charge on any atom is 0.251 e. The highest BCUT2D eigenvalue weighted by atomic mass is 16.2. The third kappa shape index (κ3) is 5.58. The predicted molar refractivity (Wildman–Crippen MR) is 125 cm³/mol. The van der Waals surface area contributed by atoms with Crippen molar-refractivity contribution in [3.05, 3.63) is 35.4 Å². The third-order valence-corrected chi connectivity index (χ3v) is 7.55. The summed E-state index contributed by atoms with van der Waals surface area (Å²) in [5.74, 6) is 0.598. The molecule has 2 saturated heterocycles. The van der Waals surface area contributed by atoms with E-state index in [2.05, 4.69) is 16.3 Å². The monoisotopic (exact) mass is 439 g/mol. The van der Waals surface area contributed by atoms with E-state index in [1.54, 1.807) is 6.92 Å². The summed E-state index contributed by atoms with van der Waals surface area (Å²) in [6.07, 6.45) is 8.70. The molecule has 6 nitrogen and oxygen atoms in total. The number of benzene rings is 1. The minimum absolute atomic E-state index is 0.0463. The second-order valence-corrected chi connectivity index (χ2v) is 9.89. The Morgan fingerprint density at radius 1 is 1.00 bits per heavy atom. The van der Waals surface area contributed by atoms with Crippen LogP contribution in [0.1, 0.15) is 80.1 Å². The van der Waals surface area contributed by atoms with Gasteiger partial charge in [0.2, 0.25) is 5.91 Å². The fourth-order valence-corrected chi connectivity index (χ4v) is 5.48. The van der Waals surface area contributed by atoms with Gasteiger partial charge in [-0.25, -0.2) is 0 Å². The van der Waals surface area contributed by atoms with E-state index in [1.165, 1.54) is 12.8 Å². The van der Waals surface area contributed by atoms with Crippen LogP contribution in [0.3, 0.4) is 0 Å². The highest BCUT2D eigenvalue weighted by molar-refractivity contribution is 5.97. The van der Waals surface area contributed by atoms with Crippen LogP contribution in [0.2, 0.25) is 0 Å². The normalized spacial score (nSPS) is 23.3. The number of nitrogens with zero attached hydrogens (tertiary/aromatic N) is 2. The summed E-state index contributed by atoms with van der Waals surface area (Å²) in [4.78, 5) is 42.2. The fourth-order valence-electron chi connectivity index (χ4n) is 5.48. The van der Waals surface area contributed by atoms with Crippen LogP contribution in [0.25, 0.3) is 0 Å². The fraction of sp³-hybridized carbons (Fsp3) is 0.654.